The van der Waals surface area contributed by atoms with Crippen molar-refractivity contribution in [2.45, 2.75) is 6.04 Å². The summed E-state index contributed by atoms with van der Waals surface area (Å²) in [5, 5.41) is 0. The fourth-order valence-corrected chi connectivity index (χ4v) is 0.966. The maximum absolute atomic E-state index is 11.0. The Morgan fingerprint density at radius 2 is 1.73 bits per heavy atom. The molecule has 1 unspecified atom stereocenters. The highest BCUT2D eigenvalue weighted by Crippen LogP contribution is 2.13. The number of benzene rings is 1. The minimum atomic E-state index is -0.731. The number of rotatable bonds is 2. The Hall–Kier alpha value is -0.970. The molecular weight excluding hydrogens is 239 g/mol. The van der Waals surface area contributed by atoms with Crippen LogP contribution in [0.25, 0.3) is 0 Å². The van der Waals surface area contributed by atoms with Crippen LogP contribution in [0.4, 0.5) is 5.69 Å². The van der Waals surface area contributed by atoms with E-state index in [4.69, 9.17) is 11.5 Å². The van der Waals surface area contributed by atoms with Crippen LogP contribution in [0, 0.1) is 0 Å². The highest BCUT2D eigenvalue weighted by molar-refractivity contribution is 5.85. The van der Waals surface area contributed by atoms with Gasteiger partial charge in [0.1, 0.15) is 6.04 Å². The van der Waals surface area contributed by atoms with Crippen LogP contribution in [0.15, 0.2) is 24.3 Å². The van der Waals surface area contributed by atoms with Crippen LogP contribution < -0.4 is 11.5 Å². The molecule has 0 saturated heterocycles. The van der Waals surface area contributed by atoms with E-state index >= 15 is 0 Å². The summed E-state index contributed by atoms with van der Waals surface area (Å²) in [6.45, 7) is 0. The second-order valence-corrected chi connectivity index (χ2v) is 2.67. The van der Waals surface area contributed by atoms with Gasteiger partial charge in [-0.15, -0.1) is 24.8 Å². The Morgan fingerprint density at radius 1 is 1.27 bits per heavy atom. The summed E-state index contributed by atoms with van der Waals surface area (Å²) in [6.07, 6.45) is 0. The number of ether oxygens (including phenoxy) is 1. The van der Waals surface area contributed by atoms with Crippen molar-refractivity contribution in [1.29, 1.82) is 0 Å². The average Bonchev–Trinajstić information content (AvgIpc) is 2.17. The Morgan fingerprint density at radius 3 is 2.13 bits per heavy atom. The average molecular weight is 253 g/mol. The fraction of sp³-hybridized carbons (Fsp3) is 0.222. The lowest BCUT2D eigenvalue weighted by Crippen LogP contribution is -2.22. The van der Waals surface area contributed by atoms with Gasteiger partial charge in [-0.3, -0.25) is 4.79 Å². The van der Waals surface area contributed by atoms with Crippen LogP contribution in [-0.2, 0) is 9.53 Å². The topological polar surface area (TPSA) is 78.3 Å². The van der Waals surface area contributed by atoms with Crippen molar-refractivity contribution >= 4 is 36.5 Å². The molecule has 0 spiro atoms. The number of halogens is 2. The van der Waals surface area contributed by atoms with E-state index in [9.17, 15) is 4.79 Å². The summed E-state index contributed by atoms with van der Waals surface area (Å²) < 4.78 is 4.50. The van der Waals surface area contributed by atoms with E-state index in [0.717, 1.165) is 0 Å². The number of carbonyl (C=O) groups excluding carboxylic acids is 1. The number of nitrogens with two attached hydrogens (primary N) is 2. The lowest BCUT2D eigenvalue weighted by atomic mass is 10.1. The third-order valence-electron chi connectivity index (χ3n) is 1.75. The van der Waals surface area contributed by atoms with E-state index in [-0.39, 0.29) is 24.8 Å². The molecule has 6 heteroatoms. The van der Waals surface area contributed by atoms with Crippen molar-refractivity contribution in [2.75, 3.05) is 12.8 Å². The number of methoxy groups -OCH3 is 1. The number of hydrogen-bond donors (Lipinski definition) is 2. The van der Waals surface area contributed by atoms with Crippen LogP contribution in [0.5, 0.6) is 0 Å². The van der Waals surface area contributed by atoms with Crippen molar-refractivity contribution in [3.05, 3.63) is 29.8 Å². The first kappa shape index (κ1) is 16.5. The lowest BCUT2D eigenvalue weighted by Gasteiger charge is -2.08. The fourth-order valence-electron chi connectivity index (χ4n) is 0.966. The Bertz CT molecular complexity index is 303. The molecule has 0 saturated carbocycles. The van der Waals surface area contributed by atoms with Crippen LogP contribution in [0.2, 0.25) is 0 Å². The van der Waals surface area contributed by atoms with E-state index in [1.165, 1.54) is 7.11 Å². The summed E-state index contributed by atoms with van der Waals surface area (Å²) in [5.74, 6) is -0.454. The third-order valence-corrected chi connectivity index (χ3v) is 1.75. The zero-order valence-corrected chi connectivity index (χ0v) is 9.81. The number of nitrogen functional groups attached to an aromatic ring is 1. The number of carbonyl (C=O) groups is 1. The molecule has 0 aliphatic rings. The SMILES string of the molecule is COC(=O)C(N)c1ccc(N)cc1.Cl.Cl. The molecule has 0 aliphatic carbocycles. The number of anilines is 1. The molecule has 0 aliphatic heterocycles. The standard InChI is InChI=1S/C9H12N2O2.2ClH/c1-13-9(12)8(11)6-2-4-7(10)5-3-6;;/h2-5,8H,10-11H2,1H3;2*1H. The van der Waals surface area contributed by atoms with Gasteiger partial charge in [0.2, 0.25) is 0 Å². The van der Waals surface area contributed by atoms with Gasteiger partial charge in [0.15, 0.2) is 0 Å². The molecule has 1 aromatic carbocycles. The monoisotopic (exact) mass is 252 g/mol. The molecule has 0 radical (unpaired) electrons. The van der Waals surface area contributed by atoms with Gasteiger partial charge in [0.25, 0.3) is 0 Å². The lowest BCUT2D eigenvalue weighted by molar-refractivity contribution is -0.142. The molecule has 0 heterocycles. The third kappa shape index (κ3) is 4.38. The second-order valence-electron chi connectivity index (χ2n) is 2.67. The smallest absolute Gasteiger partial charge is 0.327 e. The van der Waals surface area contributed by atoms with E-state index in [2.05, 4.69) is 4.74 Å². The Balaban J connectivity index is 0. The van der Waals surface area contributed by atoms with Gasteiger partial charge in [-0.25, -0.2) is 0 Å². The largest absolute Gasteiger partial charge is 0.468 e. The van der Waals surface area contributed by atoms with Crippen LogP contribution in [0.1, 0.15) is 11.6 Å². The molecule has 86 valence electrons. The summed E-state index contributed by atoms with van der Waals surface area (Å²) in [5.41, 5.74) is 12.4. The molecular formula is C9H14Cl2N2O2. The summed E-state index contributed by atoms with van der Waals surface area (Å²) in [6, 6.07) is 6.06. The predicted octanol–water partition coefficient (Wildman–Crippen LogP) is 1.29. The van der Waals surface area contributed by atoms with E-state index < -0.39 is 12.0 Å². The maximum atomic E-state index is 11.0. The van der Waals surface area contributed by atoms with Gasteiger partial charge >= 0.3 is 5.97 Å². The molecule has 1 aromatic rings. The van der Waals surface area contributed by atoms with Gasteiger partial charge in [-0.05, 0) is 17.7 Å². The minimum Gasteiger partial charge on any atom is -0.468 e. The summed E-state index contributed by atoms with van der Waals surface area (Å²) >= 11 is 0. The minimum absolute atomic E-state index is 0. The molecule has 1 rings (SSSR count). The first-order chi connectivity index (χ1) is 6.15. The molecule has 0 bridgehead atoms. The van der Waals surface area contributed by atoms with Crippen molar-refractivity contribution in [3.63, 3.8) is 0 Å². The zero-order valence-electron chi connectivity index (χ0n) is 8.17. The number of hydrogen-bond acceptors (Lipinski definition) is 4. The predicted molar refractivity (Wildman–Crippen MR) is 64.3 cm³/mol. The molecule has 4 N–H and O–H groups in total. The van der Waals surface area contributed by atoms with Gasteiger partial charge in [0.05, 0.1) is 7.11 Å². The van der Waals surface area contributed by atoms with Gasteiger partial charge in [-0.1, -0.05) is 12.1 Å². The highest BCUT2D eigenvalue weighted by Gasteiger charge is 2.15. The molecule has 0 aromatic heterocycles. The van der Waals surface area contributed by atoms with E-state index in [1.807, 2.05) is 0 Å². The molecule has 0 amide bonds. The van der Waals surface area contributed by atoms with Crippen LogP contribution in [-0.4, -0.2) is 13.1 Å². The van der Waals surface area contributed by atoms with Gasteiger partial charge in [0, 0.05) is 5.69 Å². The highest BCUT2D eigenvalue weighted by atomic mass is 35.5. The Labute approximate surface area is 101 Å². The Kier molecular flexibility index (Phi) is 8.05. The van der Waals surface area contributed by atoms with Crippen molar-refractivity contribution in [1.82, 2.24) is 0 Å². The van der Waals surface area contributed by atoms with E-state index in [0.29, 0.717) is 11.3 Å². The van der Waals surface area contributed by atoms with Crippen molar-refractivity contribution in [2.24, 2.45) is 5.73 Å². The van der Waals surface area contributed by atoms with Crippen molar-refractivity contribution in [3.8, 4) is 0 Å². The quantitative estimate of drug-likeness (QED) is 0.614. The first-order valence-corrected chi connectivity index (χ1v) is 3.84. The first-order valence-electron chi connectivity index (χ1n) is 3.84. The van der Waals surface area contributed by atoms with Crippen LogP contribution in [0.3, 0.4) is 0 Å². The number of esters is 1. The van der Waals surface area contributed by atoms with Gasteiger partial charge in [-0.2, -0.15) is 0 Å². The summed E-state index contributed by atoms with van der Waals surface area (Å²) in [7, 11) is 1.31. The maximum Gasteiger partial charge on any atom is 0.327 e. The molecule has 1 atom stereocenters. The normalized spacial score (nSPS) is 10.5. The molecule has 4 nitrogen and oxygen atoms in total. The summed E-state index contributed by atoms with van der Waals surface area (Å²) in [4.78, 5) is 11.0. The molecule has 0 fully saturated rings. The van der Waals surface area contributed by atoms with Crippen molar-refractivity contribution < 1.29 is 9.53 Å². The zero-order chi connectivity index (χ0) is 9.84. The van der Waals surface area contributed by atoms with Crippen LogP contribution >= 0.6 is 24.8 Å². The van der Waals surface area contributed by atoms with Gasteiger partial charge < -0.3 is 16.2 Å². The van der Waals surface area contributed by atoms with E-state index in [1.54, 1.807) is 24.3 Å². The molecule has 15 heavy (non-hydrogen) atoms. The second kappa shape index (κ2) is 7.34.